The van der Waals surface area contributed by atoms with Crippen molar-refractivity contribution in [3.63, 3.8) is 0 Å². The number of fused-ring (bicyclic) bond motifs is 1. The van der Waals surface area contributed by atoms with Crippen LogP contribution >= 0.6 is 0 Å². The Balaban J connectivity index is 2.82. The summed E-state index contributed by atoms with van der Waals surface area (Å²) in [6.45, 7) is 0. The molecule has 0 N–H and O–H groups in total. The maximum atomic E-state index is 12.8. The van der Waals surface area contributed by atoms with E-state index >= 15 is 0 Å². The zero-order valence-electron chi connectivity index (χ0n) is 9.58. The second-order valence-corrected chi connectivity index (χ2v) is 3.65. The van der Waals surface area contributed by atoms with Crippen molar-refractivity contribution in [1.29, 1.82) is 0 Å². The lowest BCUT2D eigenvalue weighted by molar-refractivity contribution is -0.136. The molecule has 19 heavy (non-hydrogen) atoms. The standard InChI is InChI=1S/C12H7F3O4/c1-18-10(16)7-5-6-8(12(13,14)15)3-2-4-9(6)19-11(7)17/h2-5H,1H3. The summed E-state index contributed by atoms with van der Waals surface area (Å²) in [6, 6.07) is 4.00. The molecule has 0 unspecified atom stereocenters. The lowest BCUT2D eigenvalue weighted by Gasteiger charge is -2.09. The van der Waals surface area contributed by atoms with E-state index in [2.05, 4.69) is 4.74 Å². The average Bonchev–Trinajstić information content (AvgIpc) is 2.35. The largest absolute Gasteiger partial charge is 0.465 e. The van der Waals surface area contributed by atoms with Crippen molar-refractivity contribution in [2.24, 2.45) is 0 Å². The van der Waals surface area contributed by atoms with Gasteiger partial charge in [-0.3, -0.25) is 0 Å². The van der Waals surface area contributed by atoms with Crippen molar-refractivity contribution >= 4 is 16.9 Å². The molecule has 0 amide bonds. The fourth-order valence-electron chi connectivity index (χ4n) is 1.64. The first-order valence-electron chi connectivity index (χ1n) is 5.07. The molecule has 0 spiro atoms. The Morgan fingerprint density at radius 1 is 1.32 bits per heavy atom. The Labute approximate surface area is 104 Å². The highest BCUT2D eigenvalue weighted by molar-refractivity contribution is 5.93. The molecule has 0 saturated heterocycles. The van der Waals surface area contributed by atoms with Gasteiger partial charge in [0, 0.05) is 5.39 Å². The number of carbonyl (C=O) groups is 1. The summed E-state index contributed by atoms with van der Waals surface area (Å²) in [7, 11) is 1.02. The number of halogens is 3. The SMILES string of the molecule is COC(=O)c1cc2c(C(F)(F)F)cccc2oc1=O. The summed E-state index contributed by atoms with van der Waals surface area (Å²) < 4.78 is 47.4. The molecule has 0 aliphatic carbocycles. The predicted molar refractivity (Wildman–Crippen MR) is 58.8 cm³/mol. The van der Waals surface area contributed by atoms with Crippen LogP contribution in [0.1, 0.15) is 15.9 Å². The lowest BCUT2D eigenvalue weighted by Crippen LogP contribution is -2.16. The Hall–Kier alpha value is -2.31. The van der Waals surface area contributed by atoms with Crippen LogP contribution in [0.15, 0.2) is 33.5 Å². The molecular formula is C12H7F3O4. The summed E-state index contributed by atoms with van der Waals surface area (Å²) in [6.07, 6.45) is -4.62. The molecule has 1 aromatic carbocycles. The van der Waals surface area contributed by atoms with E-state index in [1.807, 2.05) is 0 Å². The summed E-state index contributed by atoms with van der Waals surface area (Å²) >= 11 is 0. The lowest BCUT2D eigenvalue weighted by atomic mass is 10.1. The van der Waals surface area contributed by atoms with Crippen LogP contribution in [0.2, 0.25) is 0 Å². The third kappa shape index (κ3) is 2.31. The van der Waals surface area contributed by atoms with Gasteiger partial charge in [-0.25, -0.2) is 9.59 Å². The zero-order chi connectivity index (χ0) is 14.2. The van der Waals surface area contributed by atoms with Gasteiger partial charge in [-0.15, -0.1) is 0 Å². The number of hydrogen-bond acceptors (Lipinski definition) is 4. The van der Waals surface area contributed by atoms with Crippen LogP contribution in [-0.2, 0) is 10.9 Å². The fourth-order valence-corrected chi connectivity index (χ4v) is 1.64. The fraction of sp³-hybridized carbons (Fsp3) is 0.167. The normalized spacial score (nSPS) is 11.6. The second-order valence-electron chi connectivity index (χ2n) is 3.65. The minimum Gasteiger partial charge on any atom is -0.465 e. The van der Waals surface area contributed by atoms with Gasteiger partial charge in [0.25, 0.3) is 0 Å². The van der Waals surface area contributed by atoms with E-state index in [0.717, 1.165) is 25.3 Å². The number of ether oxygens (including phenoxy) is 1. The van der Waals surface area contributed by atoms with Gasteiger partial charge in [0.15, 0.2) is 0 Å². The first kappa shape index (κ1) is 13.1. The Morgan fingerprint density at radius 2 is 2.00 bits per heavy atom. The van der Waals surface area contributed by atoms with Gasteiger partial charge in [-0.1, -0.05) is 6.07 Å². The molecular weight excluding hydrogens is 265 g/mol. The molecule has 1 aromatic heterocycles. The van der Waals surface area contributed by atoms with Gasteiger partial charge >= 0.3 is 17.8 Å². The van der Waals surface area contributed by atoms with Crippen molar-refractivity contribution in [3.05, 3.63) is 45.8 Å². The molecule has 0 aliphatic heterocycles. The number of carbonyl (C=O) groups excluding carboxylic acids is 1. The highest BCUT2D eigenvalue weighted by atomic mass is 19.4. The second kappa shape index (κ2) is 4.42. The molecule has 1 heterocycles. The van der Waals surface area contributed by atoms with Crippen LogP contribution in [0.5, 0.6) is 0 Å². The number of benzene rings is 1. The van der Waals surface area contributed by atoms with Gasteiger partial charge in [0.2, 0.25) is 0 Å². The Kier molecular flexibility index (Phi) is 3.05. The number of esters is 1. The highest BCUT2D eigenvalue weighted by Crippen LogP contribution is 2.34. The van der Waals surface area contributed by atoms with E-state index in [1.165, 1.54) is 6.07 Å². The quantitative estimate of drug-likeness (QED) is 0.591. The van der Waals surface area contributed by atoms with Gasteiger partial charge in [0.1, 0.15) is 11.1 Å². The van der Waals surface area contributed by atoms with Crippen LogP contribution in [0.3, 0.4) is 0 Å². The molecule has 0 fully saturated rings. The summed E-state index contributed by atoms with van der Waals surface area (Å²) in [5, 5.41) is -0.366. The number of alkyl halides is 3. The summed E-state index contributed by atoms with van der Waals surface area (Å²) in [4.78, 5) is 22.7. The van der Waals surface area contributed by atoms with Crippen LogP contribution in [0.4, 0.5) is 13.2 Å². The molecule has 100 valence electrons. The number of rotatable bonds is 1. The molecule has 0 saturated carbocycles. The Bertz CT molecular complexity index is 700. The first-order valence-corrected chi connectivity index (χ1v) is 5.07. The Morgan fingerprint density at radius 3 is 2.58 bits per heavy atom. The molecule has 7 heteroatoms. The number of methoxy groups -OCH3 is 1. The van der Waals surface area contributed by atoms with Gasteiger partial charge in [0.05, 0.1) is 12.7 Å². The van der Waals surface area contributed by atoms with E-state index < -0.39 is 28.9 Å². The van der Waals surface area contributed by atoms with E-state index in [4.69, 9.17) is 4.42 Å². The van der Waals surface area contributed by atoms with Crippen molar-refractivity contribution in [3.8, 4) is 0 Å². The first-order chi connectivity index (χ1) is 8.84. The molecule has 2 rings (SSSR count). The molecule has 0 radical (unpaired) electrons. The van der Waals surface area contributed by atoms with Crippen molar-refractivity contribution in [2.45, 2.75) is 6.18 Å². The van der Waals surface area contributed by atoms with Crippen molar-refractivity contribution in [1.82, 2.24) is 0 Å². The maximum absolute atomic E-state index is 12.8. The summed E-state index contributed by atoms with van der Waals surface area (Å²) in [5.74, 6) is -1.05. The minimum absolute atomic E-state index is 0.243. The topological polar surface area (TPSA) is 56.5 Å². The average molecular weight is 272 g/mol. The van der Waals surface area contributed by atoms with Crippen molar-refractivity contribution in [2.75, 3.05) is 7.11 Å². The molecule has 0 aliphatic rings. The zero-order valence-corrected chi connectivity index (χ0v) is 9.58. The van der Waals surface area contributed by atoms with Crippen LogP contribution in [0, 0.1) is 0 Å². The molecule has 0 bridgehead atoms. The molecule has 2 aromatic rings. The van der Waals surface area contributed by atoms with Gasteiger partial charge in [-0.2, -0.15) is 13.2 Å². The van der Waals surface area contributed by atoms with E-state index in [1.54, 1.807) is 0 Å². The third-order valence-corrected chi connectivity index (χ3v) is 2.49. The van der Waals surface area contributed by atoms with Crippen LogP contribution < -0.4 is 5.63 Å². The highest BCUT2D eigenvalue weighted by Gasteiger charge is 2.33. The van der Waals surface area contributed by atoms with E-state index in [9.17, 15) is 22.8 Å². The van der Waals surface area contributed by atoms with Crippen molar-refractivity contribution < 1.29 is 27.1 Å². The minimum atomic E-state index is -4.62. The molecule has 4 nitrogen and oxygen atoms in total. The van der Waals surface area contributed by atoms with Gasteiger partial charge in [-0.05, 0) is 18.2 Å². The third-order valence-electron chi connectivity index (χ3n) is 2.49. The smallest absolute Gasteiger partial charge is 0.417 e. The summed E-state index contributed by atoms with van der Waals surface area (Å²) in [5.41, 5.74) is -2.85. The predicted octanol–water partition coefficient (Wildman–Crippen LogP) is 2.60. The van der Waals surface area contributed by atoms with E-state index in [-0.39, 0.29) is 11.0 Å². The van der Waals surface area contributed by atoms with Gasteiger partial charge < -0.3 is 9.15 Å². The van der Waals surface area contributed by atoms with Crippen LogP contribution in [0.25, 0.3) is 11.0 Å². The maximum Gasteiger partial charge on any atom is 0.417 e. The molecule has 0 atom stereocenters. The van der Waals surface area contributed by atoms with Crippen LogP contribution in [-0.4, -0.2) is 13.1 Å². The number of hydrogen-bond donors (Lipinski definition) is 0. The monoisotopic (exact) mass is 272 g/mol. The van der Waals surface area contributed by atoms with E-state index in [0.29, 0.717) is 0 Å².